The molecule has 1 aromatic heterocycles. The van der Waals surface area contributed by atoms with Crippen molar-refractivity contribution in [3.05, 3.63) is 48.3 Å². The minimum absolute atomic E-state index is 0.0286. The van der Waals surface area contributed by atoms with Gasteiger partial charge in [-0.05, 0) is 69.5 Å². The van der Waals surface area contributed by atoms with E-state index in [1.165, 1.54) is 24.9 Å². The molecule has 0 aliphatic carbocycles. The van der Waals surface area contributed by atoms with Gasteiger partial charge in [0.2, 0.25) is 0 Å². The van der Waals surface area contributed by atoms with Crippen LogP contribution in [0.4, 0.5) is 17.1 Å². The van der Waals surface area contributed by atoms with Gasteiger partial charge in [0.15, 0.2) is 0 Å². The highest BCUT2D eigenvalue weighted by Gasteiger charge is 2.14. The first-order valence-electron chi connectivity index (χ1n) is 9.58. The average molecular weight is 352 g/mol. The van der Waals surface area contributed by atoms with Crippen LogP contribution in [0.5, 0.6) is 0 Å². The molecule has 0 unspecified atom stereocenters. The Labute approximate surface area is 156 Å². The van der Waals surface area contributed by atoms with Crippen LogP contribution in [0.3, 0.4) is 0 Å². The number of anilines is 3. The summed E-state index contributed by atoms with van der Waals surface area (Å²) in [6, 6.07) is 12.2. The molecule has 3 rings (SSSR count). The maximum absolute atomic E-state index is 12.5. The van der Waals surface area contributed by atoms with Gasteiger partial charge in [0.05, 0.1) is 0 Å². The molecular weight excluding hydrogens is 324 g/mol. The number of benzene rings is 1. The number of amides is 1. The molecule has 1 aliphatic rings. The molecule has 0 spiro atoms. The number of carbonyl (C=O) groups excluding carboxylic acids is 1. The lowest BCUT2D eigenvalue weighted by atomic mass is 10.1. The van der Waals surface area contributed by atoms with Gasteiger partial charge >= 0.3 is 0 Å². The van der Waals surface area contributed by atoms with Crippen molar-refractivity contribution in [1.82, 2.24) is 9.88 Å². The number of hydrogen-bond acceptors (Lipinski definition) is 4. The monoisotopic (exact) mass is 352 g/mol. The molecule has 138 valence electrons. The van der Waals surface area contributed by atoms with Crippen LogP contribution >= 0.6 is 0 Å². The van der Waals surface area contributed by atoms with Crippen LogP contribution < -0.4 is 10.2 Å². The molecule has 1 fully saturated rings. The van der Waals surface area contributed by atoms with E-state index in [0.29, 0.717) is 18.8 Å². The van der Waals surface area contributed by atoms with E-state index >= 15 is 0 Å². The highest BCUT2D eigenvalue weighted by molar-refractivity contribution is 5.93. The molecule has 0 atom stereocenters. The highest BCUT2D eigenvalue weighted by atomic mass is 16.2. The van der Waals surface area contributed by atoms with Crippen LogP contribution in [0, 0.1) is 0 Å². The van der Waals surface area contributed by atoms with E-state index < -0.39 is 0 Å². The first kappa shape index (κ1) is 18.2. The second kappa shape index (κ2) is 8.70. The lowest BCUT2D eigenvalue weighted by Crippen LogP contribution is -2.31. The van der Waals surface area contributed by atoms with Gasteiger partial charge in [-0.3, -0.25) is 9.78 Å². The van der Waals surface area contributed by atoms with Crippen molar-refractivity contribution in [3.63, 3.8) is 0 Å². The topological polar surface area (TPSA) is 48.5 Å². The second-order valence-electron chi connectivity index (χ2n) is 6.63. The summed E-state index contributed by atoms with van der Waals surface area (Å²) in [5.41, 5.74) is 3.64. The number of nitrogens with one attached hydrogen (secondary N) is 1. The van der Waals surface area contributed by atoms with Crippen LogP contribution in [0.15, 0.2) is 42.6 Å². The van der Waals surface area contributed by atoms with Gasteiger partial charge in [0, 0.05) is 49.4 Å². The largest absolute Gasteiger partial charge is 0.372 e. The molecular formula is C21H28N4O. The molecule has 1 N–H and O–H groups in total. The molecule has 1 saturated heterocycles. The maximum atomic E-state index is 12.5. The minimum atomic E-state index is -0.0286. The Bertz CT molecular complexity index is 719. The van der Waals surface area contributed by atoms with E-state index in [2.05, 4.69) is 39.5 Å². The summed E-state index contributed by atoms with van der Waals surface area (Å²) >= 11 is 0. The van der Waals surface area contributed by atoms with Gasteiger partial charge in [0.1, 0.15) is 5.69 Å². The van der Waals surface area contributed by atoms with Gasteiger partial charge in [-0.2, -0.15) is 0 Å². The summed E-state index contributed by atoms with van der Waals surface area (Å²) < 4.78 is 0. The molecule has 0 bridgehead atoms. The van der Waals surface area contributed by atoms with Crippen molar-refractivity contribution in [1.29, 1.82) is 0 Å². The van der Waals surface area contributed by atoms with Gasteiger partial charge < -0.3 is 15.1 Å². The highest BCUT2D eigenvalue weighted by Crippen LogP contribution is 2.24. The zero-order valence-electron chi connectivity index (χ0n) is 15.7. The molecule has 0 saturated carbocycles. The fourth-order valence-corrected chi connectivity index (χ4v) is 3.37. The van der Waals surface area contributed by atoms with E-state index in [1.54, 1.807) is 11.1 Å². The quantitative estimate of drug-likeness (QED) is 0.842. The first-order valence-corrected chi connectivity index (χ1v) is 9.58. The van der Waals surface area contributed by atoms with Crippen LogP contribution in [-0.2, 0) is 0 Å². The van der Waals surface area contributed by atoms with Crippen molar-refractivity contribution >= 4 is 23.0 Å². The lowest BCUT2D eigenvalue weighted by molar-refractivity contribution is 0.0767. The van der Waals surface area contributed by atoms with Gasteiger partial charge in [-0.1, -0.05) is 0 Å². The second-order valence-corrected chi connectivity index (χ2v) is 6.63. The zero-order chi connectivity index (χ0) is 18.4. The number of piperidine rings is 1. The minimum Gasteiger partial charge on any atom is -0.372 e. The number of hydrogen-bond donors (Lipinski definition) is 1. The van der Waals surface area contributed by atoms with E-state index in [4.69, 9.17) is 0 Å². The van der Waals surface area contributed by atoms with Gasteiger partial charge in [-0.25, -0.2) is 0 Å². The predicted molar refractivity (Wildman–Crippen MR) is 107 cm³/mol. The van der Waals surface area contributed by atoms with Crippen LogP contribution in [0.25, 0.3) is 0 Å². The average Bonchev–Trinajstić information content (AvgIpc) is 2.70. The molecule has 2 heterocycles. The third-order valence-corrected chi connectivity index (χ3v) is 4.91. The number of rotatable bonds is 6. The maximum Gasteiger partial charge on any atom is 0.272 e. The number of aromatic nitrogens is 1. The third kappa shape index (κ3) is 4.34. The Morgan fingerprint density at radius 3 is 2.38 bits per heavy atom. The summed E-state index contributed by atoms with van der Waals surface area (Å²) in [5, 5.41) is 3.38. The van der Waals surface area contributed by atoms with E-state index in [-0.39, 0.29) is 5.91 Å². The lowest BCUT2D eigenvalue weighted by Gasteiger charge is -2.28. The molecule has 26 heavy (non-hydrogen) atoms. The van der Waals surface area contributed by atoms with Crippen molar-refractivity contribution in [3.8, 4) is 0 Å². The Hall–Kier alpha value is -2.56. The van der Waals surface area contributed by atoms with E-state index in [0.717, 1.165) is 24.5 Å². The Balaban J connectivity index is 1.69. The zero-order valence-corrected chi connectivity index (χ0v) is 15.7. The summed E-state index contributed by atoms with van der Waals surface area (Å²) in [7, 11) is 0. The van der Waals surface area contributed by atoms with Crippen molar-refractivity contribution < 1.29 is 4.79 Å². The number of nitrogens with zero attached hydrogens (tertiary/aromatic N) is 3. The molecule has 5 nitrogen and oxygen atoms in total. The van der Waals surface area contributed by atoms with Gasteiger partial charge in [-0.15, -0.1) is 0 Å². The van der Waals surface area contributed by atoms with Crippen LogP contribution in [0.2, 0.25) is 0 Å². The standard InChI is InChI=1S/C21H28N4O/c1-3-24(4-2)21(26)20-16-18(12-13-22-20)23-17-8-10-19(11-9-17)25-14-6-5-7-15-25/h8-13,16H,3-7,14-15H2,1-2H3,(H,22,23). The number of pyridine rings is 1. The Kier molecular flexibility index (Phi) is 6.10. The third-order valence-electron chi connectivity index (χ3n) is 4.91. The van der Waals surface area contributed by atoms with E-state index in [9.17, 15) is 4.79 Å². The first-order chi connectivity index (χ1) is 12.7. The number of carbonyl (C=O) groups is 1. The fourth-order valence-electron chi connectivity index (χ4n) is 3.37. The Morgan fingerprint density at radius 1 is 1.04 bits per heavy atom. The SMILES string of the molecule is CCN(CC)C(=O)c1cc(Nc2ccc(N3CCCCC3)cc2)ccn1. The molecule has 1 amide bonds. The van der Waals surface area contributed by atoms with Gasteiger partial charge in [0.25, 0.3) is 5.91 Å². The molecule has 1 aromatic carbocycles. The van der Waals surface area contributed by atoms with E-state index in [1.807, 2.05) is 26.0 Å². The summed E-state index contributed by atoms with van der Waals surface area (Å²) in [6.45, 7) is 7.63. The smallest absolute Gasteiger partial charge is 0.272 e. The summed E-state index contributed by atoms with van der Waals surface area (Å²) in [5.74, 6) is -0.0286. The molecule has 5 heteroatoms. The Morgan fingerprint density at radius 2 is 1.73 bits per heavy atom. The predicted octanol–water partition coefficient (Wildman–Crippen LogP) is 4.30. The van der Waals surface area contributed by atoms with Crippen LogP contribution in [0.1, 0.15) is 43.6 Å². The molecule has 2 aromatic rings. The molecule has 0 radical (unpaired) electrons. The van der Waals surface area contributed by atoms with Crippen molar-refractivity contribution in [2.45, 2.75) is 33.1 Å². The van der Waals surface area contributed by atoms with Crippen molar-refractivity contribution in [2.24, 2.45) is 0 Å². The summed E-state index contributed by atoms with van der Waals surface area (Å²) in [4.78, 5) is 20.9. The van der Waals surface area contributed by atoms with Crippen molar-refractivity contribution in [2.75, 3.05) is 36.4 Å². The summed E-state index contributed by atoms with van der Waals surface area (Å²) in [6.07, 6.45) is 5.58. The normalized spacial score (nSPS) is 14.2. The van der Waals surface area contributed by atoms with Crippen LogP contribution in [-0.4, -0.2) is 42.0 Å². The fraction of sp³-hybridized carbons (Fsp3) is 0.429. The molecule has 1 aliphatic heterocycles.